The van der Waals surface area contributed by atoms with Gasteiger partial charge in [-0.15, -0.1) is 0 Å². The van der Waals surface area contributed by atoms with Crippen LogP contribution in [-0.4, -0.2) is 45.2 Å². The number of hydrogen-bond acceptors (Lipinski definition) is 4. The quantitative estimate of drug-likeness (QED) is 0.820. The molecule has 0 aromatic heterocycles. The Morgan fingerprint density at radius 2 is 1.73 bits per heavy atom. The minimum absolute atomic E-state index is 0.00203. The molecule has 1 fully saturated rings. The standard InChI is InChI=1S/C20H22FNO4/c1-24-17-10-14(11-18(25-2)19(17)26-3)20(23)22-9-8-13(12-22)15-6-4-5-7-16(15)21/h4-7,10-11,13H,8-9,12H2,1-3H3. The van der Waals surface area contributed by atoms with Crippen LogP contribution in [0.25, 0.3) is 0 Å². The Labute approximate surface area is 152 Å². The van der Waals surface area contributed by atoms with Crippen molar-refractivity contribution in [2.24, 2.45) is 0 Å². The minimum atomic E-state index is -0.223. The van der Waals surface area contributed by atoms with Crippen LogP contribution in [0, 0.1) is 5.82 Å². The number of carbonyl (C=O) groups excluding carboxylic acids is 1. The zero-order valence-corrected chi connectivity index (χ0v) is 15.1. The van der Waals surface area contributed by atoms with Crippen molar-refractivity contribution in [3.8, 4) is 17.2 Å². The smallest absolute Gasteiger partial charge is 0.254 e. The van der Waals surface area contributed by atoms with E-state index in [0.29, 0.717) is 41.5 Å². The van der Waals surface area contributed by atoms with Crippen LogP contribution in [-0.2, 0) is 0 Å². The molecule has 1 saturated heterocycles. The fourth-order valence-electron chi connectivity index (χ4n) is 3.39. The summed E-state index contributed by atoms with van der Waals surface area (Å²) in [5, 5.41) is 0. The van der Waals surface area contributed by atoms with Crippen LogP contribution < -0.4 is 14.2 Å². The number of rotatable bonds is 5. The summed E-state index contributed by atoms with van der Waals surface area (Å²) < 4.78 is 29.9. The topological polar surface area (TPSA) is 48.0 Å². The Kier molecular flexibility index (Phi) is 5.30. The summed E-state index contributed by atoms with van der Waals surface area (Å²) in [7, 11) is 4.53. The van der Waals surface area contributed by atoms with E-state index in [1.165, 1.54) is 27.4 Å². The molecule has 1 amide bonds. The maximum absolute atomic E-state index is 14.0. The van der Waals surface area contributed by atoms with Gasteiger partial charge in [-0.3, -0.25) is 4.79 Å². The molecule has 2 aromatic rings. The second kappa shape index (κ2) is 7.64. The molecule has 5 nitrogen and oxygen atoms in total. The van der Waals surface area contributed by atoms with Gasteiger partial charge in [0.05, 0.1) is 21.3 Å². The van der Waals surface area contributed by atoms with Crippen LogP contribution >= 0.6 is 0 Å². The number of likely N-dealkylation sites (tertiary alicyclic amines) is 1. The van der Waals surface area contributed by atoms with Crippen molar-refractivity contribution >= 4 is 5.91 Å². The van der Waals surface area contributed by atoms with Gasteiger partial charge in [-0.1, -0.05) is 18.2 Å². The number of methoxy groups -OCH3 is 3. The number of amides is 1. The highest BCUT2D eigenvalue weighted by Crippen LogP contribution is 2.39. The molecule has 1 atom stereocenters. The molecule has 1 aliphatic heterocycles. The molecule has 0 saturated carbocycles. The summed E-state index contributed by atoms with van der Waals surface area (Å²) in [5.41, 5.74) is 1.11. The Morgan fingerprint density at radius 3 is 2.31 bits per heavy atom. The molecule has 138 valence electrons. The molecule has 0 aliphatic carbocycles. The van der Waals surface area contributed by atoms with Gasteiger partial charge in [0.15, 0.2) is 11.5 Å². The van der Waals surface area contributed by atoms with Gasteiger partial charge in [-0.2, -0.15) is 0 Å². The average Bonchev–Trinajstić information content (AvgIpc) is 3.16. The van der Waals surface area contributed by atoms with E-state index in [0.717, 1.165) is 6.42 Å². The highest BCUT2D eigenvalue weighted by Gasteiger charge is 2.30. The van der Waals surface area contributed by atoms with Crippen molar-refractivity contribution in [2.45, 2.75) is 12.3 Å². The highest BCUT2D eigenvalue weighted by atomic mass is 19.1. The van der Waals surface area contributed by atoms with Crippen LogP contribution in [0.2, 0.25) is 0 Å². The fourth-order valence-corrected chi connectivity index (χ4v) is 3.39. The lowest BCUT2D eigenvalue weighted by molar-refractivity contribution is 0.0789. The van der Waals surface area contributed by atoms with Gasteiger partial charge >= 0.3 is 0 Å². The van der Waals surface area contributed by atoms with Gasteiger partial charge in [-0.25, -0.2) is 4.39 Å². The molecular formula is C20H22FNO4. The first-order valence-electron chi connectivity index (χ1n) is 8.42. The summed E-state index contributed by atoms with van der Waals surface area (Å²) in [5.74, 6) is 0.946. The predicted octanol–water partition coefficient (Wildman–Crippen LogP) is 3.48. The first-order chi connectivity index (χ1) is 12.6. The fraction of sp³-hybridized carbons (Fsp3) is 0.350. The zero-order valence-electron chi connectivity index (χ0n) is 15.1. The van der Waals surface area contributed by atoms with Crippen molar-refractivity contribution in [3.63, 3.8) is 0 Å². The number of carbonyl (C=O) groups is 1. The third-order valence-corrected chi connectivity index (χ3v) is 4.73. The molecule has 6 heteroatoms. The van der Waals surface area contributed by atoms with Gasteiger partial charge in [0, 0.05) is 24.6 Å². The van der Waals surface area contributed by atoms with Gasteiger partial charge < -0.3 is 19.1 Å². The monoisotopic (exact) mass is 359 g/mol. The van der Waals surface area contributed by atoms with E-state index in [-0.39, 0.29) is 17.6 Å². The molecule has 0 bridgehead atoms. The predicted molar refractivity (Wildman–Crippen MR) is 95.8 cm³/mol. The normalized spacial score (nSPS) is 16.5. The molecule has 0 spiro atoms. The van der Waals surface area contributed by atoms with Crippen molar-refractivity contribution in [3.05, 3.63) is 53.3 Å². The van der Waals surface area contributed by atoms with E-state index in [2.05, 4.69) is 0 Å². The Balaban J connectivity index is 1.83. The van der Waals surface area contributed by atoms with E-state index < -0.39 is 0 Å². The molecule has 2 aromatic carbocycles. The van der Waals surface area contributed by atoms with E-state index in [9.17, 15) is 9.18 Å². The number of nitrogens with zero attached hydrogens (tertiary/aromatic N) is 1. The van der Waals surface area contributed by atoms with E-state index in [1.807, 2.05) is 6.07 Å². The summed E-state index contributed by atoms with van der Waals surface area (Å²) >= 11 is 0. The van der Waals surface area contributed by atoms with E-state index in [4.69, 9.17) is 14.2 Å². The number of hydrogen-bond donors (Lipinski definition) is 0. The first kappa shape index (κ1) is 18.0. The maximum Gasteiger partial charge on any atom is 0.254 e. The lowest BCUT2D eigenvalue weighted by Crippen LogP contribution is -2.28. The Hall–Kier alpha value is -2.76. The largest absolute Gasteiger partial charge is 0.493 e. The summed E-state index contributed by atoms with van der Waals surface area (Å²) in [6.07, 6.45) is 0.733. The molecular weight excluding hydrogens is 337 g/mol. The van der Waals surface area contributed by atoms with Crippen LogP contribution in [0.15, 0.2) is 36.4 Å². The average molecular weight is 359 g/mol. The number of ether oxygens (including phenoxy) is 3. The lowest BCUT2D eigenvalue weighted by Gasteiger charge is -2.19. The first-order valence-corrected chi connectivity index (χ1v) is 8.42. The molecule has 3 rings (SSSR count). The molecule has 0 radical (unpaired) electrons. The highest BCUT2D eigenvalue weighted by molar-refractivity contribution is 5.96. The molecule has 26 heavy (non-hydrogen) atoms. The van der Waals surface area contributed by atoms with Crippen LogP contribution in [0.3, 0.4) is 0 Å². The van der Waals surface area contributed by atoms with E-state index >= 15 is 0 Å². The number of benzene rings is 2. The van der Waals surface area contributed by atoms with Gasteiger partial charge in [0.2, 0.25) is 5.75 Å². The molecule has 1 aliphatic rings. The van der Waals surface area contributed by atoms with Gasteiger partial charge in [0.1, 0.15) is 5.82 Å². The summed E-state index contributed by atoms with van der Waals surface area (Å²) in [4.78, 5) is 14.7. The molecule has 1 heterocycles. The minimum Gasteiger partial charge on any atom is -0.493 e. The van der Waals surface area contributed by atoms with Crippen molar-refractivity contribution in [2.75, 3.05) is 34.4 Å². The number of halogens is 1. The van der Waals surface area contributed by atoms with Crippen molar-refractivity contribution in [1.82, 2.24) is 4.90 Å². The van der Waals surface area contributed by atoms with Crippen molar-refractivity contribution in [1.29, 1.82) is 0 Å². The van der Waals surface area contributed by atoms with Crippen LogP contribution in [0.1, 0.15) is 28.3 Å². The maximum atomic E-state index is 14.0. The van der Waals surface area contributed by atoms with Gasteiger partial charge in [-0.05, 0) is 30.2 Å². The van der Waals surface area contributed by atoms with Crippen LogP contribution in [0.5, 0.6) is 17.2 Å². The van der Waals surface area contributed by atoms with Crippen molar-refractivity contribution < 1.29 is 23.4 Å². The van der Waals surface area contributed by atoms with E-state index in [1.54, 1.807) is 29.2 Å². The summed E-state index contributed by atoms with van der Waals surface area (Å²) in [6.45, 7) is 1.06. The molecule has 0 N–H and O–H groups in total. The zero-order chi connectivity index (χ0) is 18.7. The van der Waals surface area contributed by atoms with Crippen LogP contribution in [0.4, 0.5) is 4.39 Å². The second-order valence-corrected chi connectivity index (χ2v) is 6.17. The Bertz CT molecular complexity index is 783. The van der Waals surface area contributed by atoms with Gasteiger partial charge in [0.25, 0.3) is 5.91 Å². The summed E-state index contributed by atoms with van der Waals surface area (Å²) in [6, 6.07) is 10.0. The Morgan fingerprint density at radius 1 is 1.08 bits per heavy atom. The lowest BCUT2D eigenvalue weighted by atomic mass is 9.98. The SMILES string of the molecule is COc1cc(C(=O)N2CCC(c3ccccc3F)C2)cc(OC)c1OC. The third-order valence-electron chi connectivity index (χ3n) is 4.73. The third kappa shape index (κ3) is 3.31. The second-order valence-electron chi connectivity index (χ2n) is 6.17. The molecule has 1 unspecified atom stereocenters.